The second-order valence-electron chi connectivity index (χ2n) is 4.93. The van der Waals surface area contributed by atoms with Gasteiger partial charge in [-0.2, -0.15) is 0 Å². The maximum absolute atomic E-state index is 12.0. The number of pyridine rings is 1. The van der Waals surface area contributed by atoms with Crippen molar-refractivity contribution >= 4 is 5.91 Å². The molecule has 1 N–H and O–H groups in total. The summed E-state index contributed by atoms with van der Waals surface area (Å²) in [7, 11) is 4.07. The van der Waals surface area contributed by atoms with E-state index in [1.54, 1.807) is 24.5 Å². The highest BCUT2D eigenvalue weighted by molar-refractivity contribution is 5.93. The molecule has 1 aromatic heterocycles. The number of carbonyl (C=O) groups excluding carboxylic acids is 1. The molecule has 0 saturated heterocycles. The van der Waals surface area contributed by atoms with Crippen molar-refractivity contribution in [2.24, 2.45) is 0 Å². The molecule has 0 aliphatic rings. The molecule has 0 fully saturated rings. The van der Waals surface area contributed by atoms with Gasteiger partial charge in [-0.05, 0) is 37.4 Å². The Labute approximate surface area is 119 Å². The van der Waals surface area contributed by atoms with E-state index in [2.05, 4.69) is 21.3 Å². The van der Waals surface area contributed by atoms with Gasteiger partial charge in [-0.3, -0.25) is 9.78 Å². The summed E-state index contributed by atoms with van der Waals surface area (Å²) in [6, 6.07) is 11.6. The van der Waals surface area contributed by atoms with Crippen molar-refractivity contribution in [2.45, 2.75) is 13.1 Å². The Kier molecular flexibility index (Phi) is 4.85. The Bertz CT molecular complexity index is 567. The van der Waals surface area contributed by atoms with Crippen molar-refractivity contribution in [2.75, 3.05) is 14.1 Å². The van der Waals surface area contributed by atoms with E-state index in [9.17, 15) is 4.79 Å². The molecule has 0 radical (unpaired) electrons. The molecule has 0 atom stereocenters. The number of hydrogen-bond acceptors (Lipinski definition) is 3. The molecule has 0 spiro atoms. The fourth-order valence-electron chi connectivity index (χ4n) is 2.01. The highest BCUT2D eigenvalue weighted by atomic mass is 16.1. The molecule has 0 bridgehead atoms. The van der Waals surface area contributed by atoms with Crippen LogP contribution >= 0.6 is 0 Å². The van der Waals surface area contributed by atoms with Crippen LogP contribution in [0.5, 0.6) is 0 Å². The average molecular weight is 269 g/mol. The SMILES string of the molecule is CN(C)Cc1ccccc1CNC(=O)c1ccncc1. The molecule has 0 saturated carbocycles. The molecule has 2 aromatic rings. The van der Waals surface area contributed by atoms with Crippen LogP contribution in [0.4, 0.5) is 0 Å². The van der Waals surface area contributed by atoms with E-state index in [1.807, 2.05) is 32.3 Å². The Morgan fingerprint density at radius 3 is 2.40 bits per heavy atom. The standard InChI is InChI=1S/C16H19N3O/c1-19(2)12-15-6-4-3-5-14(15)11-18-16(20)13-7-9-17-10-8-13/h3-10H,11-12H2,1-2H3,(H,18,20). The third-order valence-corrected chi connectivity index (χ3v) is 2.99. The van der Waals surface area contributed by atoms with Crippen molar-refractivity contribution in [3.8, 4) is 0 Å². The van der Waals surface area contributed by atoms with Crippen LogP contribution in [0, 0.1) is 0 Å². The smallest absolute Gasteiger partial charge is 0.251 e. The summed E-state index contributed by atoms with van der Waals surface area (Å²) in [5, 5.41) is 2.94. The highest BCUT2D eigenvalue weighted by Crippen LogP contribution is 2.10. The van der Waals surface area contributed by atoms with Gasteiger partial charge in [0, 0.05) is 31.0 Å². The molecule has 0 aliphatic carbocycles. The maximum Gasteiger partial charge on any atom is 0.251 e. The molecular weight excluding hydrogens is 250 g/mol. The predicted molar refractivity (Wildman–Crippen MR) is 79.2 cm³/mol. The zero-order valence-electron chi connectivity index (χ0n) is 11.8. The summed E-state index contributed by atoms with van der Waals surface area (Å²) in [6.45, 7) is 1.40. The Morgan fingerprint density at radius 2 is 1.75 bits per heavy atom. The van der Waals surface area contributed by atoms with Crippen LogP contribution in [0.25, 0.3) is 0 Å². The number of nitrogens with zero attached hydrogens (tertiary/aromatic N) is 2. The van der Waals surface area contributed by atoms with E-state index in [1.165, 1.54) is 5.56 Å². The van der Waals surface area contributed by atoms with E-state index < -0.39 is 0 Å². The monoisotopic (exact) mass is 269 g/mol. The number of carbonyl (C=O) groups is 1. The highest BCUT2D eigenvalue weighted by Gasteiger charge is 2.07. The van der Waals surface area contributed by atoms with Gasteiger partial charge in [-0.1, -0.05) is 24.3 Å². The summed E-state index contributed by atoms with van der Waals surface area (Å²) in [6.07, 6.45) is 3.24. The second kappa shape index (κ2) is 6.82. The predicted octanol–water partition coefficient (Wildman–Crippen LogP) is 2.07. The molecule has 1 aromatic carbocycles. The first-order valence-corrected chi connectivity index (χ1v) is 6.56. The molecule has 1 heterocycles. The van der Waals surface area contributed by atoms with Crippen LogP contribution in [0.15, 0.2) is 48.8 Å². The zero-order chi connectivity index (χ0) is 14.4. The van der Waals surface area contributed by atoms with Gasteiger partial charge in [0.2, 0.25) is 0 Å². The average Bonchev–Trinajstić information content (AvgIpc) is 2.46. The van der Waals surface area contributed by atoms with Gasteiger partial charge in [0.05, 0.1) is 0 Å². The summed E-state index contributed by atoms with van der Waals surface area (Å²) < 4.78 is 0. The van der Waals surface area contributed by atoms with E-state index in [4.69, 9.17) is 0 Å². The fourth-order valence-corrected chi connectivity index (χ4v) is 2.01. The Balaban J connectivity index is 2.02. The molecule has 0 unspecified atom stereocenters. The minimum absolute atomic E-state index is 0.0768. The molecule has 2 rings (SSSR count). The van der Waals surface area contributed by atoms with Gasteiger partial charge in [0.15, 0.2) is 0 Å². The quantitative estimate of drug-likeness (QED) is 0.904. The Hall–Kier alpha value is -2.20. The van der Waals surface area contributed by atoms with Crippen molar-refractivity contribution in [1.82, 2.24) is 15.2 Å². The van der Waals surface area contributed by atoms with E-state index in [0.717, 1.165) is 12.1 Å². The van der Waals surface area contributed by atoms with Crippen LogP contribution in [0.2, 0.25) is 0 Å². The van der Waals surface area contributed by atoms with Gasteiger partial charge in [-0.25, -0.2) is 0 Å². The van der Waals surface area contributed by atoms with Crippen LogP contribution in [-0.2, 0) is 13.1 Å². The summed E-state index contributed by atoms with van der Waals surface area (Å²) >= 11 is 0. The van der Waals surface area contributed by atoms with Crippen LogP contribution < -0.4 is 5.32 Å². The van der Waals surface area contributed by atoms with Crippen molar-refractivity contribution in [1.29, 1.82) is 0 Å². The lowest BCUT2D eigenvalue weighted by Crippen LogP contribution is -2.24. The van der Waals surface area contributed by atoms with E-state index in [0.29, 0.717) is 12.1 Å². The number of hydrogen-bond donors (Lipinski definition) is 1. The molecule has 104 valence electrons. The Morgan fingerprint density at radius 1 is 1.10 bits per heavy atom. The maximum atomic E-state index is 12.0. The molecule has 4 heteroatoms. The largest absolute Gasteiger partial charge is 0.348 e. The molecule has 0 aliphatic heterocycles. The number of amides is 1. The normalized spacial score (nSPS) is 10.6. The number of nitrogens with one attached hydrogen (secondary N) is 1. The van der Waals surface area contributed by atoms with E-state index >= 15 is 0 Å². The lowest BCUT2D eigenvalue weighted by molar-refractivity contribution is 0.0950. The summed E-state index contributed by atoms with van der Waals surface area (Å²) in [4.78, 5) is 18.0. The van der Waals surface area contributed by atoms with Gasteiger partial charge in [-0.15, -0.1) is 0 Å². The third kappa shape index (κ3) is 3.90. The van der Waals surface area contributed by atoms with Crippen molar-refractivity contribution < 1.29 is 4.79 Å². The topological polar surface area (TPSA) is 45.2 Å². The first-order valence-electron chi connectivity index (χ1n) is 6.56. The van der Waals surface area contributed by atoms with Crippen molar-refractivity contribution in [3.63, 3.8) is 0 Å². The van der Waals surface area contributed by atoms with Crippen LogP contribution in [0.3, 0.4) is 0 Å². The minimum atomic E-state index is -0.0768. The summed E-state index contributed by atoms with van der Waals surface area (Å²) in [5.74, 6) is -0.0768. The zero-order valence-corrected chi connectivity index (χ0v) is 11.8. The molecule has 1 amide bonds. The summed E-state index contributed by atoms with van der Waals surface area (Å²) in [5.41, 5.74) is 3.00. The van der Waals surface area contributed by atoms with Gasteiger partial charge in [0.1, 0.15) is 0 Å². The molecule has 20 heavy (non-hydrogen) atoms. The fraction of sp³-hybridized carbons (Fsp3) is 0.250. The van der Waals surface area contributed by atoms with Gasteiger partial charge >= 0.3 is 0 Å². The van der Waals surface area contributed by atoms with Crippen LogP contribution in [-0.4, -0.2) is 29.9 Å². The van der Waals surface area contributed by atoms with Gasteiger partial charge in [0.25, 0.3) is 5.91 Å². The number of benzene rings is 1. The number of rotatable bonds is 5. The lowest BCUT2D eigenvalue weighted by Gasteiger charge is -2.14. The van der Waals surface area contributed by atoms with Crippen molar-refractivity contribution in [3.05, 3.63) is 65.5 Å². The molecule has 4 nitrogen and oxygen atoms in total. The van der Waals surface area contributed by atoms with E-state index in [-0.39, 0.29) is 5.91 Å². The second-order valence-corrected chi connectivity index (χ2v) is 4.93. The first-order chi connectivity index (χ1) is 9.66. The number of aromatic nitrogens is 1. The first kappa shape index (κ1) is 14.2. The molecular formula is C16H19N3O. The minimum Gasteiger partial charge on any atom is -0.348 e. The van der Waals surface area contributed by atoms with Crippen LogP contribution in [0.1, 0.15) is 21.5 Å². The lowest BCUT2D eigenvalue weighted by atomic mass is 10.1. The third-order valence-electron chi connectivity index (χ3n) is 2.99. The van der Waals surface area contributed by atoms with Gasteiger partial charge < -0.3 is 10.2 Å².